The molecule has 0 saturated heterocycles. The van der Waals surface area contributed by atoms with Gasteiger partial charge in [-0.25, -0.2) is 13.1 Å². The minimum atomic E-state index is -3.68. The lowest BCUT2D eigenvalue weighted by molar-refractivity contribution is 0.567. The normalized spacial score (nSPS) is 13.2. The molecule has 0 spiro atoms. The van der Waals surface area contributed by atoms with E-state index in [0.717, 1.165) is 28.8 Å². The van der Waals surface area contributed by atoms with Gasteiger partial charge in [-0.1, -0.05) is 42.5 Å². The Kier molecular flexibility index (Phi) is 5.32. The molecule has 0 radical (unpaired) electrons. The van der Waals surface area contributed by atoms with Gasteiger partial charge in [-0.3, -0.25) is 9.36 Å². The molecule has 1 atom stereocenters. The summed E-state index contributed by atoms with van der Waals surface area (Å²) in [6.07, 6.45) is 0.945. The van der Waals surface area contributed by atoms with Crippen molar-refractivity contribution in [2.75, 3.05) is 0 Å². The molecule has 0 aliphatic heterocycles. The molecule has 0 amide bonds. The molecule has 138 valence electrons. The lowest BCUT2D eigenvalue weighted by Gasteiger charge is -2.15. The Labute approximate surface area is 157 Å². The van der Waals surface area contributed by atoms with Gasteiger partial charge >= 0.3 is 4.87 Å². The Bertz CT molecular complexity index is 1080. The van der Waals surface area contributed by atoms with Gasteiger partial charge in [0.25, 0.3) is 0 Å². The molecule has 0 unspecified atom stereocenters. The summed E-state index contributed by atoms with van der Waals surface area (Å²) < 4.78 is 30.5. The highest BCUT2D eigenvalue weighted by atomic mass is 32.2. The number of fused-ring (bicyclic) bond motifs is 1. The third-order valence-electron chi connectivity index (χ3n) is 4.49. The monoisotopic (exact) mass is 390 g/mol. The fraction of sp³-hybridized carbons (Fsp3) is 0.316. The number of sulfonamides is 1. The molecule has 2 aromatic carbocycles. The average Bonchev–Trinajstić information content (AvgIpc) is 2.95. The highest BCUT2D eigenvalue weighted by molar-refractivity contribution is 7.89. The topological polar surface area (TPSA) is 68.2 Å². The van der Waals surface area contributed by atoms with Gasteiger partial charge in [0.1, 0.15) is 0 Å². The highest BCUT2D eigenvalue weighted by Crippen LogP contribution is 2.23. The van der Waals surface area contributed by atoms with Crippen LogP contribution in [0.15, 0.2) is 52.2 Å². The van der Waals surface area contributed by atoms with Gasteiger partial charge < -0.3 is 0 Å². The summed E-state index contributed by atoms with van der Waals surface area (Å²) in [4.78, 5) is 12.1. The first-order chi connectivity index (χ1) is 12.4. The van der Waals surface area contributed by atoms with Crippen LogP contribution in [0.4, 0.5) is 0 Å². The Morgan fingerprint density at radius 2 is 1.81 bits per heavy atom. The third kappa shape index (κ3) is 3.60. The van der Waals surface area contributed by atoms with Crippen molar-refractivity contribution >= 4 is 31.6 Å². The van der Waals surface area contributed by atoms with Crippen LogP contribution >= 0.6 is 11.3 Å². The molecule has 0 bridgehead atoms. The number of aryl methyl sites for hydroxylation is 2. The van der Waals surface area contributed by atoms with E-state index in [-0.39, 0.29) is 15.8 Å². The summed E-state index contributed by atoms with van der Waals surface area (Å²) in [5.41, 5.74) is 2.89. The number of nitrogens with zero attached hydrogens (tertiary/aromatic N) is 1. The van der Waals surface area contributed by atoms with Crippen LogP contribution in [0.2, 0.25) is 0 Å². The summed E-state index contributed by atoms with van der Waals surface area (Å²) >= 11 is 1.07. The van der Waals surface area contributed by atoms with Crippen LogP contribution in [0.1, 0.15) is 37.9 Å². The van der Waals surface area contributed by atoms with Gasteiger partial charge in [0.05, 0.1) is 15.1 Å². The lowest BCUT2D eigenvalue weighted by Crippen LogP contribution is -2.26. The van der Waals surface area contributed by atoms with Crippen molar-refractivity contribution in [3.8, 4) is 0 Å². The Morgan fingerprint density at radius 3 is 2.42 bits per heavy atom. The predicted octanol–water partition coefficient (Wildman–Crippen LogP) is 3.68. The van der Waals surface area contributed by atoms with Gasteiger partial charge in [0.15, 0.2) is 0 Å². The summed E-state index contributed by atoms with van der Waals surface area (Å²) in [5.74, 6) is 0. The van der Waals surface area contributed by atoms with E-state index in [1.807, 2.05) is 38.1 Å². The van der Waals surface area contributed by atoms with Crippen molar-refractivity contribution in [1.29, 1.82) is 0 Å². The van der Waals surface area contributed by atoms with Crippen molar-refractivity contribution in [3.05, 3.63) is 63.3 Å². The second-order valence-electron chi connectivity index (χ2n) is 6.18. The van der Waals surface area contributed by atoms with E-state index < -0.39 is 10.0 Å². The largest absolute Gasteiger partial charge is 0.308 e. The number of nitrogens with one attached hydrogen (secondary N) is 1. The minimum absolute atomic E-state index is 0.0746. The number of benzene rings is 2. The van der Waals surface area contributed by atoms with E-state index >= 15 is 0 Å². The molecule has 3 rings (SSSR count). The maximum absolute atomic E-state index is 12.8. The summed E-state index contributed by atoms with van der Waals surface area (Å²) in [6, 6.07) is 12.4. The van der Waals surface area contributed by atoms with Crippen molar-refractivity contribution in [1.82, 2.24) is 9.29 Å². The van der Waals surface area contributed by atoms with Gasteiger partial charge in [-0.2, -0.15) is 0 Å². The second kappa shape index (κ2) is 7.34. The summed E-state index contributed by atoms with van der Waals surface area (Å²) in [5, 5.41) is 0. The number of hydrogen-bond donors (Lipinski definition) is 1. The predicted molar refractivity (Wildman–Crippen MR) is 106 cm³/mol. The molecular weight excluding hydrogens is 368 g/mol. The summed E-state index contributed by atoms with van der Waals surface area (Å²) in [6.45, 7) is 6.36. The van der Waals surface area contributed by atoms with E-state index in [0.29, 0.717) is 11.2 Å². The number of thiazole rings is 1. The fourth-order valence-electron chi connectivity index (χ4n) is 2.92. The molecule has 0 aliphatic rings. The Morgan fingerprint density at radius 1 is 1.12 bits per heavy atom. The molecule has 1 N–H and O–H groups in total. The zero-order valence-electron chi connectivity index (χ0n) is 15.0. The van der Waals surface area contributed by atoms with E-state index in [4.69, 9.17) is 0 Å². The van der Waals surface area contributed by atoms with Crippen molar-refractivity contribution in [3.63, 3.8) is 0 Å². The maximum Gasteiger partial charge on any atom is 0.308 e. The van der Waals surface area contributed by atoms with E-state index in [1.165, 1.54) is 5.56 Å². The van der Waals surface area contributed by atoms with Gasteiger partial charge in [-0.05, 0) is 49.6 Å². The van der Waals surface area contributed by atoms with E-state index in [9.17, 15) is 13.2 Å². The van der Waals surface area contributed by atoms with E-state index in [2.05, 4.69) is 11.6 Å². The van der Waals surface area contributed by atoms with E-state index in [1.54, 1.807) is 22.8 Å². The Hall–Kier alpha value is -1.96. The molecule has 5 nitrogen and oxygen atoms in total. The molecule has 0 fully saturated rings. The number of hydrogen-bond acceptors (Lipinski definition) is 4. The lowest BCUT2D eigenvalue weighted by atomic mass is 10.1. The standard InChI is InChI=1S/C19H22N2O3S2/c1-4-14-6-8-15(9-7-14)13(3)20-26(23,24)16-10-11-17-18(12-16)25-19(22)21(17)5-2/h6-13,20H,4-5H2,1-3H3/t13-/m0/s1. The molecule has 7 heteroatoms. The van der Waals surface area contributed by atoms with Crippen LogP contribution < -0.4 is 9.60 Å². The SMILES string of the molecule is CCc1ccc([C@H](C)NS(=O)(=O)c2ccc3c(c2)sc(=O)n3CC)cc1. The van der Waals surface area contributed by atoms with Crippen LogP contribution in [-0.2, 0) is 23.0 Å². The smallest absolute Gasteiger partial charge is 0.299 e. The first-order valence-electron chi connectivity index (χ1n) is 8.60. The zero-order valence-corrected chi connectivity index (χ0v) is 16.7. The highest BCUT2D eigenvalue weighted by Gasteiger charge is 2.20. The molecule has 1 aromatic heterocycles. The first kappa shape index (κ1) is 18.8. The molecule has 26 heavy (non-hydrogen) atoms. The van der Waals surface area contributed by atoms with Crippen LogP contribution in [0, 0.1) is 0 Å². The quantitative estimate of drug-likeness (QED) is 0.698. The molecule has 3 aromatic rings. The van der Waals surface area contributed by atoms with Crippen molar-refractivity contribution in [2.45, 2.75) is 44.7 Å². The first-order valence-corrected chi connectivity index (χ1v) is 10.9. The van der Waals surface area contributed by atoms with Crippen molar-refractivity contribution in [2.24, 2.45) is 0 Å². The van der Waals surface area contributed by atoms with Gasteiger partial charge in [-0.15, -0.1) is 0 Å². The van der Waals surface area contributed by atoms with Crippen LogP contribution in [-0.4, -0.2) is 13.0 Å². The van der Waals surface area contributed by atoms with Crippen molar-refractivity contribution < 1.29 is 8.42 Å². The second-order valence-corrected chi connectivity index (χ2v) is 8.89. The molecule has 1 heterocycles. The summed E-state index contributed by atoms with van der Waals surface area (Å²) in [7, 11) is -3.68. The molecule has 0 saturated carbocycles. The number of rotatable bonds is 6. The Balaban J connectivity index is 1.89. The number of aromatic nitrogens is 1. The minimum Gasteiger partial charge on any atom is -0.299 e. The van der Waals surface area contributed by atoms with Crippen LogP contribution in [0.3, 0.4) is 0 Å². The average molecular weight is 391 g/mol. The third-order valence-corrected chi connectivity index (χ3v) is 6.97. The fourth-order valence-corrected chi connectivity index (χ4v) is 5.25. The molecule has 0 aliphatic carbocycles. The van der Waals surface area contributed by atoms with Gasteiger partial charge in [0.2, 0.25) is 10.0 Å². The van der Waals surface area contributed by atoms with Crippen LogP contribution in [0.5, 0.6) is 0 Å². The zero-order chi connectivity index (χ0) is 18.9. The van der Waals surface area contributed by atoms with Gasteiger partial charge in [0, 0.05) is 12.6 Å². The molecular formula is C19H22N2O3S2. The van der Waals surface area contributed by atoms with Crippen LogP contribution in [0.25, 0.3) is 10.2 Å². The maximum atomic E-state index is 12.8.